The smallest absolute Gasteiger partial charge is 0.458 e. The van der Waals surface area contributed by atoms with Crippen molar-refractivity contribution in [3.8, 4) is 0 Å². The lowest BCUT2D eigenvalue weighted by Gasteiger charge is -2.34. The number of hydrogen-bond donors (Lipinski definition) is 0. The van der Waals surface area contributed by atoms with Gasteiger partial charge in [-0.15, -0.1) is 13.2 Å². The van der Waals surface area contributed by atoms with Crippen LogP contribution < -0.4 is 0 Å². The minimum absolute atomic E-state index is 0.141. The van der Waals surface area contributed by atoms with Crippen molar-refractivity contribution in [2.75, 3.05) is 6.61 Å². The highest BCUT2D eigenvalue weighted by Crippen LogP contribution is 2.32. The van der Waals surface area contributed by atoms with Crippen LogP contribution in [0.3, 0.4) is 0 Å². The van der Waals surface area contributed by atoms with Gasteiger partial charge in [-0.3, -0.25) is 4.74 Å². The van der Waals surface area contributed by atoms with Crippen LogP contribution in [0.2, 0.25) is 0 Å². The zero-order valence-electron chi connectivity index (χ0n) is 10.5. The lowest BCUT2D eigenvalue weighted by atomic mass is 9.92. The summed E-state index contributed by atoms with van der Waals surface area (Å²) in [5.74, 6) is -0.525. The van der Waals surface area contributed by atoms with Gasteiger partial charge in [0.05, 0.1) is 12.2 Å². The van der Waals surface area contributed by atoms with Gasteiger partial charge >= 0.3 is 12.3 Å². The summed E-state index contributed by atoms with van der Waals surface area (Å²) in [4.78, 5) is 11.3. The van der Waals surface area contributed by atoms with Crippen molar-refractivity contribution in [3.63, 3.8) is 0 Å². The van der Waals surface area contributed by atoms with Gasteiger partial charge in [0.2, 0.25) is 0 Å². The van der Waals surface area contributed by atoms with Crippen molar-refractivity contribution in [1.82, 2.24) is 0 Å². The second-order valence-electron chi connectivity index (χ2n) is 5.18. The summed E-state index contributed by atoms with van der Waals surface area (Å²) in [6.07, 6.45) is -5.57. The molecule has 0 saturated heterocycles. The summed E-state index contributed by atoms with van der Waals surface area (Å²) in [7, 11) is 0. The molecule has 0 atom stereocenters. The molecule has 0 bridgehead atoms. The number of ether oxygens (including phenoxy) is 3. The third-order valence-electron chi connectivity index (χ3n) is 2.21. The molecular weight excluding hydrogens is 253 g/mol. The molecule has 0 heterocycles. The van der Waals surface area contributed by atoms with E-state index in [1.807, 2.05) is 0 Å². The van der Waals surface area contributed by atoms with Gasteiger partial charge in [0.1, 0.15) is 12.2 Å². The Morgan fingerprint density at radius 1 is 1.17 bits per heavy atom. The Morgan fingerprint density at radius 2 is 1.72 bits per heavy atom. The quantitative estimate of drug-likeness (QED) is 0.736. The van der Waals surface area contributed by atoms with Gasteiger partial charge in [-0.1, -0.05) is 0 Å². The Morgan fingerprint density at radius 3 is 2.17 bits per heavy atom. The summed E-state index contributed by atoms with van der Waals surface area (Å²) >= 11 is 0. The largest absolute Gasteiger partial charge is 0.522 e. The Labute approximate surface area is 103 Å². The van der Waals surface area contributed by atoms with Crippen LogP contribution in [-0.2, 0) is 19.0 Å². The van der Waals surface area contributed by atoms with Gasteiger partial charge in [-0.05, 0) is 20.8 Å². The van der Waals surface area contributed by atoms with Gasteiger partial charge in [0.15, 0.2) is 0 Å². The van der Waals surface area contributed by atoms with Gasteiger partial charge in [0.25, 0.3) is 0 Å². The Hall–Kier alpha value is -0.820. The first-order valence-corrected chi connectivity index (χ1v) is 5.63. The van der Waals surface area contributed by atoms with Crippen LogP contribution in [0.4, 0.5) is 13.2 Å². The molecule has 0 aromatic rings. The molecule has 0 unspecified atom stereocenters. The van der Waals surface area contributed by atoms with E-state index in [1.54, 1.807) is 20.8 Å². The van der Waals surface area contributed by atoms with E-state index in [2.05, 4.69) is 4.74 Å². The average Bonchev–Trinajstić information content (AvgIpc) is 2.03. The zero-order valence-corrected chi connectivity index (χ0v) is 10.5. The molecule has 1 fully saturated rings. The van der Waals surface area contributed by atoms with E-state index in [0.29, 0.717) is 0 Å². The van der Waals surface area contributed by atoms with Crippen molar-refractivity contribution in [3.05, 3.63) is 0 Å². The average molecular weight is 270 g/mol. The first kappa shape index (κ1) is 15.2. The highest BCUT2D eigenvalue weighted by Gasteiger charge is 2.40. The molecule has 1 aliphatic rings. The van der Waals surface area contributed by atoms with Crippen LogP contribution in [0.15, 0.2) is 0 Å². The number of carbonyl (C=O) groups excluding carboxylic acids is 1. The number of rotatable bonds is 4. The molecule has 4 nitrogen and oxygen atoms in total. The number of hydrogen-bond acceptors (Lipinski definition) is 4. The van der Waals surface area contributed by atoms with E-state index < -0.39 is 24.0 Å². The molecule has 1 saturated carbocycles. The SMILES string of the molecule is CC(C)(C)OC(=O)CO[C@H]1C[C@@H](OC(F)(F)F)C1. The number of halogens is 3. The molecule has 0 aliphatic heterocycles. The van der Waals surface area contributed by atoms with Crippen LogP contribution in [0.1, 0.15) is 33.6 Å². The topological polar surface area (TPSA) is 44.8 Å². The maximum Gasteiger partial charge on any atom is 0.522 e. The molecule has 7 heteroatoms. The van der Waals surface area contributed by atoms with Crippen molar-refractivity contribution >= 4 is 5.97 Å². The highest BCUT2D eigenvalue weighted by molar-refractivity contribution is 5.71. The monoisotopic (exact) mass is 270 g/mol. The lowest BCUT2D eigenvalue weighted by molar-refractivity contribution is -0.357. The predicted molar refractivity (Wildman–Crippen MR) is 55.7 cm³/mol. The van der Waals surface area contributed by atoms with E-state index in [1.165, 1.54) is 0 Å². The van der Waals surface area contributed by atoms with Gasteiger partial charge in [-0.25, -0.2) is 4.79 Å². The van der Waals surface area contributed by atoms with Gasteiger partial charge < -0.3 is 9.47 Å². The Balaban J connectivity index is 2.12. The van der Waals surface area contributed by atoms with Gasteiger partial charge in [-0.2, -0.15) is 0 Å². The van der Waals surface area contributed by atoms with Gasteiger partial charge in [0, 0.05) is 12.8 Å². The van der Waals surface area contributed by atoms with E-state index in [4.69, 9.17) is 9.47 Å². The van der Waals surface area contributed by atoms with E-state index in [9.17, 15) is 18.0 Å². The van der Waals surface area contributed by atoms with Crippen LogP contribution in [0.5, 0.6) is 0 Å². The second kappa shape index (κ2) is 5.44. The predicted octanol–water partition coefficient (Wildman–Crippen LogP) is 2.41. The van der Waals surface area contributed by atoms with Crippen LogP contribution in [-0.4, -0.2) is 36.7 Å². The first-order valence-electron chi connectivity index (χ1n) is 5.63. The van der Waals surface area contributed by atoms with Crippen molar-refractivity contribution in [2.45, 2.75) is 57.8 Å². The molecule has 0 aromatic carbocycles. The van der Waals surface area contributed by atoms with Crippen LogP contribution in [0, 0.1) is 0 Å². The van der Waals surface area contributed by atoms with Crippen molar-refractivity contribution < 1.29 is 32.2 Å². The Kier molecular flexibility index (Phi) is 4.61. The summed E-state index contributed by atoms with van der Waals surface area (Å²) in [6, 6.07) is 0. The van der Waals surface area contributed by atoms with Crippen LogP contribution in [0.25, 0.3) is 0 Å². The maximum atomic E-state index is 11.8. The molecule has 0 N–H and O–H groups in total. The fourth-order valence-electron chi connectivity index (χ4n) is 1.50. The van der Waals surface area contributed by atoms with Crippen molar-refractivity contribution in [1.29, 1.82) is 0 Å². The van der Waals surface area contributed by atoms with E-state index in [-0.39, 0.29) is 25.6 Å². The minimum Gasteiger partial charge on any atom is -0.458 e. The Bertz CT molecular complexity index is 290. The summed E-state index contributed by atoms with van der Waals surface area (Å²) < 4.78 is 49.3. The lowest BCUT2D eigenvalue weighted by Crippen LogP contribution is -2.41. The molecule has 0 amide bonds. The zero-order chi connectivity index (χ0) is 14.0. The first-order chi connectivity index (χ1) is 8.05. The number of alkyl halides is 3. The summed E-state index contributed by atoms with van der Waals surface area (Å²) in [6.45, 7) is 4.92. The number of esters is 1. The molecule has 0 radical (unpaired) electrons. The second-order valence-corrected chi connectivity index (χ2v) is 5.18. The molecule has 1 rings (SSSR count). The third-order valence-corrected chi connectivity index (χ3v) is 2.21. The normalized spacial score (nSPS) is 24.6. The standard InChI is InChI=1S/C11H17F3O4/c1-10(2,3)18-9(15)6-16-7-4-8(5-7)17-11(12,13)14/h7-8H,4-6H2,1-3H3/t7-,8+. The van der Waals surface area contributed by atoms with E-state index in [0.717, 1.165) is 0 Å². The summed E-state index contributed by atoms with van der Waals surface area (Å²) in [5.41, 5.74) is -0.595. The fraction of sp³-hybridized carbons (Fsp3) is 0.909. The molecule has 0 aromatic heterocycles. The highest BCUT2D eigenvalue weighted by atomic mass is 19.4. The van der Waals surface area contributed by atoms with Crippen LogP contribution >= 0.6 is 0 Å². The summed E-state index contributed by atoms with van der Waals surface area (Å²) in [5, 5.41) is 0. The molecule has 0 spiro atoms. The third kappa shape index (κ3) is 6.20. The number of carbonyl (C=O) groups is 1. The van der Waals surface area contributed by atoms with E-state index >= 15 is 0 Å². The molecule has 18 heavy (non-hydrogen) atoms. The minimum atomic E-state index is -4.61. The maximum absolute atomic E-state index is 11.8. The molecule has 1 aliphatic carbocycles. The fourth-order valence-corrected chi connectivity index (χ4v) is 1.50. The van der Waals surface area contributed by atoms with Crippen molar-refractivity contribution in [2.24, 2.45) is 0 Å². The molecular formula is C11H17F3O4. The molecule has 106 valence electrons.